The van der Waals surface area contributed by atoms with E-state index in [1.54, 1.807) is 24.3 Å². The van der Waals surface area contributed by atoms with Crippen molar-refractivity contribution in [1.82, 2.24) is 9.55 Å². The van der Waals surface area contributed by atoms with Crippen LogP contribution in [-0.2, 0) is 13.0 Å². The van der Waals surface area contributed by atoms with Crippen LogP contribution in [0.4, 0.5) is 13.2 Å². The standard InChI is InChI=1S/C12H9BrF3N3/c13-10(12(14,15)16)7-19-9-4-2-1-3-8(9)18-11(19)5-6-17/h1-4,10H,5,7H2. The number of rotatable bonds is 3. The molecule has 0 saturated carbocycles. The minimum atomic E-state index is -4.34. The second-order valence-electron chi connectivity index (χ2n) is 3.97. The van der Waals surface area contributed by atoms with Gasteiger partial charge < -0.3 is 4.57 Å². The highest BCUT2D eigenvalue weighted by Gasteiger charge is 2.38. The molecule has 7 heteroatoms. The van der Waals surface area contributed by atoms with Gasteiger partial charge in [0.15, 0.2) is 0 Å². The Morgan fingerprint density at radius 1 is 1.37 bits per heavy atom. The van der Waals surface area contributed by atoms with Crippen molar-refractivity contribution in [1.29, 1.82) is 5.26 Å². The van der Waals surface area contributed by atoms with Crippen LogP contribution in [0.1, 0.15) is 5.82 Å². The molecule has 1 aromatic carbocycles. The molecule has 0 bridgehead atoms. The number of hydrogen-bond donors (Lipinski definition) is 0. The van der Waals surface area contributed by atoms with E-state index in [9.17, 15) is 13.2 Å². The Morgan fingerprint density at radius 3 is 2.68 bits per heavy atom. The van der Waals surface area contributed by atoms with E-state index in [2.05, 4.69) is 20.9 Å². The first-order valence-corrected chi connectivity index (χ1v) is 6.37. The van der Waals surface area contributed by atoms with Crippen molar-refractivity contribution in [2.45, 2.75) is 24.0 Å². The van der Waals surface area contributed by atoms with Crippen LogP contribution in [-0.4, -0.2) is 20.6 Å². The topological polar surface area (TPSA) is 41.6 Å². The summed E-state index contributed by atoms with van der Waals surface area (Å²) in [6.07, 6.45) is -4.36. The third kappa shape index (κ3) is 2.89. The number of hydrogen-bond acceptors (Lipinski definition) is 2. The molecule has 0 radical (unpaired) electrons. The predicted molar refractivity (Wildman–Crippen MR) is 67.8 cm³/mol. The molecule has 0 aliphatic rings. The number of halogens is 4. The second kappa shape index (κ2) is 5.21. The highest BCUT2D eigenvalue weighted by atomic mass is 79.9. The number of fused-ring (bicyclic) bond motifs is 1. The lowest BCUT2D eigenvalue weighted by molar-refractivity contribution is -0.129. The fourth-order valence-electron chi connectivity index (χ4n) is 1.80. The Bertz CT molecular complexity index is 627. The zero-order chi connectivity index (χ0) is 14.0. The molecule has 1 atom stereocenters. The Morgan fingerprint density at radius 2 is 2.05 bits per heavy atom. The third-order valence-corrected chi connectivity index (χ3v) is 3.48. The van der Waals surface area contributed by atoms with E-state index in [1.165, 1.54) is 4.57 Å². The number of alkyl halides is 4. The van der Waals surface area contributed by atoms with Crippen LogP contribution in [0.15, 0.2) is 24.3 Å². The molecule has 2 rings (SSSR count). The lowest BCUT2D eigenvalue weighted by Crippen LogP contribution is -2.28. The molecule has 0 spiro atoms. The van der Waals surface area contributed by atoms with Gasteiger partial charge in [0, 0.05) is 6.54 Å². The Labute approximate surface area is 115 Å². The highest BCUT2D eigenvalue weighted by molar-refractivity contribution is 9.09. The van der Waals surface area contributed by atoms with Crippen LogP contribution < -0.4 is 0 Å². The molecule has 0 saturated heterocycles. The van der Waals surface area contributed by atoms with Crippen LogP contribution in [0.3, 0.4) is 0 Å². The maximum absolute atomic E-state index is 12.6. The zero-order valence-electron chi connectivity index (χ0n) is 9.65. The molecule has 0 amide bonds. The summed E-state index contributed by atoms with van der Waals surface area (Å²) in [5, 5.41) is 8.73. The number of nitrogens with zero attached hydrogens (tertiary/aromatic N) is 3. The van der Waals surface area contributed by atoms with Crippen molar-refractivity contribution in [3.63, 3.8) is 0 Å². The first-order chi connectivity index (χ1) is 8.93. The van der Waals surface area contributed by atoms with E-state index in [0.717, 1.165) is 0 Å². The maximum Gasteiger partial charge on any atom is 0.402 e. The van der Waals surface area contributed by atoms with E-state index in [0.29, 0.717) is 16.9 Å². The number of imidazole rings is 1. The largest absolute Gasteiger partial charge is 0.402 e. The van der Waals surface area contributed by atoms with Gasteiger partial charge in [-0.25, -0.2) is 4.98 Å². The van der Waals surface area contributed by atoms with Gasteiger partial charge in [-0.1, -0.05) is 28.1 Å². The van der Waals surface area contributed by atoms with Gasteiger partial charge in [0.25, 0.3) is 0 Å². The maximum atomic E-state index is 12.6. The van der Waals surface area contributed by atoms with Gasteiger partial charge in [-0.15, -0.1) is 0 Å². The van der Waals surface area contributed by atoms with Gasteiger partial charge in [-0.2, -0.15) is 18.4 Å². The lowest BCUT2D eigenvalue weighted by atomic mass is 10.3. The Balaban J connectivity index is 2.45. The van der Waals surface area contributed by atoms with Gasteiger partial charge >= 0.3 is 6.18 Å². The van der Waals surface area contributed by atoms with Crippen LogP contribution in [0, 0.1) is 11.3 Å². The monoisotopic (exact) mass is 331 g/mol. The quantitative estimate of drug-likeness (QED) is 0.808. The van der Waals surface area contributed by atoms with Gasteiger partial charge in [0.05, 0.1) is 23.5 Å². The molecule has 1 heterocycles. The van der Waals surface area contributed by atoms with Crippen LogP contribution in [0.5, 0.6) is 0 Å². The average molecular weight is 332 g/mol. The molecule has 2 aromatic rings. The average Bonchev–Trinajstić information content (AvgIpc) is 2.67. The van der Waals surface area contributed by atoms with Gasteiger partial charge in [0.2, 0.25) is 0 Å². The summed E-state index contributed by atoms with van der Waals surface area (Å²) in [5.74, 6) is 0.345. The number of aromatic nitrogens is 2. The van der Waals surface area contributed by atoms with E-state index in [4.69, 9.17) is 5.26 Å². The predicted octanol–water partition coefficient (Wildman–Crippen LogP) is 3.43. The van der Waals surface area contributed by atoms with Crippen molar-refractivity contribution in [2.24, 2.45) is 0 Å². The summed E-state index contributed by atoms with van der Waals surface area (Å²) < 4.78 is 39.3. The number of benzene rings is 1. The summed E-state index contributed by atoms with van der Waals surface area (Å²) >= 11 is 2.63. The minimum Gasteiger partial charge on any atom is -0.326 e. The molecule has 0 fully saturated rings. The summed E-state index contributed by atoms with van der Waals surface area (Å²) in [6, 6.07) is 8.81. The summed E-state index contributed by atoms with van der Waals surface area (Å²) in [6.45, 7) is -0.305. The molecule has 100 valence electrons. The fourth-order valence-corrected chi connectivity index (χ4v) is 2.09. The molecule has 0 N–H and O–H groups in total. The first-order valence-electron chi connectivity index (χ1n) is 5.45. The van der Waals surface area contributed by atoms with Crippen LogP contribution in [0.25, 0.3) is 11.0 Å². The third-order valence-electron chi connectivity index (χ3n) is 2.67. The minimum absolute atomic E-state index is 0.0216. The number of para-hydroxylation sites is 2. The van der Waals surface area contributed by atoms with Crippen LogP contribution in [0.2, 0.25) is 0 Å². The first kappa shape index (κ1) is 13.9. The summed E-state index contributed by atoms with van der Waals surface area (Å²) in [4.78, 5) is 2.52. The fraction of sp³-hybridized carbons (Fsp3) is 0.333. The SMILES string of the molecule is N#CCc1nc2ccccc2n1CC(Br)C(F)(F)F. The Hall–Kier alpha value is -1.55. The van der Waals surface area contributed by atoms with Gasteiger partial charge in [-0.3, -0.25) is 0 Å². The van der Waals surface area contributed by atoms with Crippen LogP contribution >= 0.6 is 15.9 Å². The molecule has 1 aromatic heterocycles. The zero-order valence-corrected chi connectivity index (χ0v) is 11.2. The van der Waals surface area contributed by atoms with E-state index in [1.807, 2.05) is 6.07 Å². The summed E-state index contributed by atoms with van der Waals surface area (Å²) in [7, 11) is 0. The van der Waals surface area contributed by atoms with Crippen molar-refractivity contribution in [2.75, 3.05) is 0 Å². The highest BCUT2D eigenvalue weighted by Crippen LogP contribution is 2.29. The molecule has 19 heavy (non-hydrogen) atoms. The molecule has 0 aliphatic carbocycles. The second-order valence-corrected chi connectivity index (χ2v) is 5.08. The van der Waals surface area contributed by atoms with Crippen molar-refractivity contribution in [3.8, 4) is 6.07 Å². The van der Waals surface area contributed by atoms with Crippen molar-refractivity contribution in [3.05, 3.63) is 30.1 Å². The Kier molecular flexibility index (Phi) is 3.80. The lowest BCUT2D eigenvalue weighted by Gasteiger charge is -2.16. The normalized spacial score (nSPS) is 13.4. The number of nitriles is 1. The van der Waals surface area contributed by atoms with Crippen molar-refractivity contribution >= 4 is 27.0 Å². The van der Waals surface area contributed by atoms with Gasteiger partial charge in [0.1, 0.15) is 10.7 Å². The van der Waals surface area contributed by atoms with Crippen molar-refractivity contribution < 1.29 is 13.2 Å². The molecular formula is C12H9BrF3N3. The molecular weight excluding hydrogens is 323 g/mol. The molecule has 1 unspecified atom stereocenters. The summed E-state index contributed by atoms with van der Waals surface area (Å²) in [5.41, 5.74) is 1.19. The molecule has 0 aliphatic heterocycles. The molecule has 3 nitrogen and oxygen atoms in total. The van der Waals surface area contributed by atoms with E-state index in [-0.39, 0.29) is 13.0 Å². The van der Waals surface area contributed by atoms with Gasteiger partial charge in [-0.05, 0) is 12.1 Å². The van der Waals surface area contributed by atoms with E-state index >= 15 is 0 Å². The smallest absolute Gasteiger partial charge is 0.326 e. The van der Waals surface area contributed by atoms with E-state index < -0.39 is 11.0 Å².